The summed E-state index contributed by atoms with van der Waals surface area (Å²) in [5, 5.41) is 1.18. The molecule has 2 N–H and O–H groups in total. The average molecular weight is 315 g/mol. The van der Waals surface area contributed by atoms with Gasteiger partial charge in [0.15, 0.2) is 0 Å². The van der Waals surface area contributed by atoms with Gasteiger partial charge < -0.3 is 19.9 Å². The smallest absolute Gasteiger partial charge is 0.340 e. The lowest BCUT2D eigenvalue weighted by Crippen LogP contribution is -2.27. The van der Waals surface area contributed by atoms with E-state index in [1.54, 1.807) is 0 Å². The topological polar surface area (TPSA) is 60.5 Å². The normalized spacial score (nSPS) is 15.0. The molecule has 5 heteroatoms. The first kappa shape index (κ1) is 16.0. The van der Waals surface area contributed by atoms with Gasteiger partial charge in [-0.15, -0.1) is 0 Å². The third-order valence-electron chi connectivity index (χ3n) is 4.79. The summed E-state index contributed by atoms with van der Waals surface area (Å²) in [6.45, 7) is 5.42. The molecule has 0 saturated carbocycles. The van der Waals surface area contributed by atoms with Crippen LogP contribution >= 0.6 is 0 Å². The number of carbonyl (C=O) groups is 1. The molecule has 0 atom stereocenters. The number of aromatic nitrogens is 1. The standard InChI is InChI=1S/C18H25N3O2/c1-12-5-6-13-14-11-20(2)10-7-15(14)21(9-4-8-19)17(13)16(12)18(22)23-3/h5-6H,4,7-11,19H2,1-3H3. The lowest BCUT2D eigenvalue weighted by molar-refractivity contribution is 0.0601. The van der Waals surface area contributed by atoms with Crippen LogP contribution in [0.5, 0.6) is 0 Å². The fourth-order valence-corrected chi connectivity index (χ4v) is 3.63. The number of benzene rings is 1. The second-order valence-electron chi connectivity index (χ2n) is 6.35. The Balaban J connectivity index is 2.31. The van der Waals surface area contributed by atoms with E-state index in [0.717, 1.165) is 43.6 Å². The molecule has 0 amide bonds. The molecule has 0 fully saturated rings. The van der Waals surface area contributed by atoms with Crippen LogP contribution in [0.15, 0.2) is 12.1 Å². The van der Waals surface area contributed by atoms with E-state index < -0.39 is 0 Å². The van der Waals surface area contributed by atoms with Crippen molar-refractivity contribution in [3.05, 3.63) is 34.5 Å². The highest BCUT2D eigenvalue weighted by Gasteiger charge is 2.26. The zero-order chi connectivity index (χ0) is 16.6. The Bertz CT molecular complexity index is 749. The van der Waals surface area contributed by atoms with Gasteiger partial charge in [-0.25, -0.2) is 4.79 Å². The summed E-state index contributed by atoms with van der Waals surface area (Å²) in [4.78, 5) is 14.7. The fraction of sp³-hybridized carbons (Fsp3) is 0.500. The third kappa shape index (κ3) is 2.64. The van der Waals surface area contributed by atoms with Crippen molar-refractivity contribution in [1.82, 2.24) is 9.47 Å². The summed E-state index contributed by atoms with van der Waals surface area (Å²) in [6.07, 6.45) is 1.91. The maximum absolute atomic E-state index is 12.4. The number of carbonyl (C=O) groups excluding carboxylic acids is 1. The van der Waals surface area contributed by atoms with Crippen LogP contribution in [0, 0.1) is 6.92 Å². The zero-order valence-corrected chi connectivity index (χ0v) is 14.2. The van der Waals surface area contributed by atoms with E-state index >= 15 is 0 Å². The minimum atomic E-state index is -0.259. The number of nitrogens with zero attached hydrogens (tertiary/aromatic N) is 2. The van der Waals surface area contributed by atoms with E-state index in [-0.39, 0.29) is 5.97 Å². The van der Waals surface area contributed by atoms with Gasteiger partial charge in [0, 0.05) is 37.1 Å². The fourth-order valence-electron chi connectivity index (χ4n) is 3.63. The number of esters is 1. The van der Waals surface area contributed by atoms with Crippen LogP contribution < -0.4 is 5.73 Å². The lowest BCUT2D eigenvalue weighted by Gasteiger charge is -2.24. The Labute approximate surface area is 137 Å². The van der Waals surface area contributed by atoms with Gasteiger partial charge in [0.05, 0.1) is 18.2 Å². The molecule has 0 bridgehead atoms. The molecule has 0 spiro atoms. The first-order valence-electron chi connectivity index (χ1n) is 8.19. The number of ether oxygens (including phenoxy) is 1. The summed E-state index contributed by atoms with van der Waals surface area (Å²) in [7, 11) is 3.59. The Hall–Kier alpha value is -1.85. The van der Waals surface area contributed by atoms with E-state index in [0.29, 0.717) is 12.1 Å². The quantitative estimate of drug-likeness (QED) is 0.878. The largest absolute Gasteiger partial charge is 0.465 e. The van der Waals surface area contributed by atoms with Crippen LogP contribution in [-0.2, 0) is 24.2 Å². The number of hydrogen-bond acceptors (Lipinski definition) is 4. The molecule has 1 aromatic carbocycles. The van der Waals surface area contributed by atoms with Gasteiger partial charge in [0.2, 0.25) is 0 Å². The third-order valence-corrected chi connectivity index (χ3v) is 4.79. The van der Waals surface area contributed by atoms with Crippen molar-refractivity contribution < 1.29 is 9.53 Å². The molecular formula is C18H25N3O2. The van der Waals surface area contributed by atoms with Crippen LogP contribution in [0.4, 0.5) is 0 Å². The van der Waals surface area contributed by atoms with Crippen molar-refractivity contribution in [2.75, 3.05) is 27.2 Å². The van der Waals surface area contributed by atoms with E-state index in [9.17, 15) is 4.79 Å². The van der Waals surface area contributed by atoms with E-state index in [1.807, 2.05) is 13.0 Å². The summed E-state index contributed by atoms with van der Waals surface area (Å²) in [5.41, 5.74) is 11.1. The van der Waals surface area contributed by atoms with E-state index in [4.69, 9.17) is 10.5 Å². The molecule has 1 aromatic heterocycles. The van der Waals surface area contributed by atoms with Crippen molar-refractivity contribution >= 4 is 16.9 Å². The number of likely N-dealkylation sites (N-methyl/N-ethyl adjacent to an activating group) is 1. The number of rotatable bonds is 4. The maximum Gasteiger partial charge on any atom is 0.340 e. The lowest BCUT2D eigenvalue weighted by atomic mass is 10.0. The van der Waals surface area contributed by atoms with Crippen molar-refractivity contribution in [3.63, 3.8) is 0 Å². The molecule has 0 saturated heterocycles. The van der Waals surface area contributed by atoms with Gasteiger partial charge in [0.25, 0.3) is 0 Å². The van der Waals surface area contributed by atoms with Gasteiger partial charge in [-0.05, 0) is 38.1 Å². The van der Waals surface area contributed by atoms with Crippen LogP contribution in [-0.4, -0.2) is 42.7 Å². The summed E-state index contributed by atoms with van der Waals surface area (Å²) in [6, 6.07) is 4.17. The summed E-state index contributed by atoms with van der Waals surface area (Å²) < 4.78 is 7.36. The Morgan fingerprint density at radius 1 is 1.39 bits per heavy atom. The second-order valence-corrected chi connectivity index (χ2v) is 6.35. The molecule has 23 heavy (non-hydrogen) atoms. The molecule has 1 aliphatic rings. The Kier molecular flexibility index (Phi) is 4.41. The summed E-state index contributed by atoms with van der Waals surface area (Å²) in [5.74, 6) is -0.259. The number of hydrogen-bond donors (Lipinski definition) is 1. The Morgan fingerprint density at radius 3 is 2.87 bits per heavy atom. The predicted molar refractivity (Wildman–Crippen MR) is 91.7 cm³/mol. The van der Waals surface area contributed by atoms with Crippen molar-refractivity contribution in [1.29, 1.82) is 0 Å². The van der Waals surface area contributed by atoms with Gasteiger partial charge >= 0.3 is 5.97 Å². The molecule has 3 rings (SSSR count). The van der Waals surface area contributed by atoms with Gasteiger partial charge in [-0.2, -0.15) is 0 Å². The molecular weight excluding hydrogens is 290 g/mol. The van der Waals surface area contributed by atoms with E-state index in [2.05, 4.69) is 22.6 Å². The first-order valence-corrected chi connectivity index (χ1v) is 8.19. The van der Waals surface area contributed by atoms with Gasteiger partial charge in [-0.3, -0.25) is 0 Å². The van der Waals surface area contributed by atoms with Crippen LogP contribution in [0.3, 0.4) is 0 Å². The number of methoxy groups -OCH3 is 1. The van der Waals surface area contributed by atoms with Crippen molar-refractivity contribution in [2.45, 2.75) is 32.9 Å². The van der Waals surface area contributed by atoms with Gasteiger partial charge in [0.1, 0.15) is 0 Å². The van der Waals surface area contributed by atoms with Crippen molar-refractivity contribution in [3.8, 4) is 0 Å². The molecule has 5 nitrogen and oxygen atoms in total. The SMILES string of the molecule is COC(=O)c1c(C)ccc2c3c(n(CCCN)c12)CCN(C)C3. The minimum absolute atomic E-state index is 0.259. The van der Waals surface area contributed by atoms with Gasteiger partial charge in [-0.1, -0.05) is 12.1 Å². The molecule has 1 aliphatic heterocycles. The second kappa shape index (κ2) is 6.34. The average Bonchev–Trinajstić information content (AvgIpc) is 2.85. The highest BCUT2D eigenvalue weighted by molar-refractivity contribution is 6.06. The highest BCUT2D eigenvalue weighted by atomic mass is 16.5. The number of fused-ring (bicyclic) bond motifs is 3. The maximum atomic E-state index is 12.4. The van der Waals surface area contributed by atoms with Crippen LogP contribution in [0.2, 0.25) is 0 Å². The first-order chi connectivity index (χ1) is 11.1. The summed E-state index contributed by atoms with van der Waals surface area (Å²) >= 11 is 0. The Morgan fingerprint density at radius 2 is 2.17 bits per heavy atom. The minimum Gasteiger partial charge on any atom is -0.465 e. The molecule has 2 heterocycles. The monoisotopic (exact) mass is 315 g/mol. The van der Waals surface area contributed by atoms with Crippen LogP contribution in [0.1, 0.15) is 33.6 Å². The molecule has 2 aromatic rings. The zero-order valence-electron chi connectivity index (χ0n) is 14.2. The molecule has 0 radical (unpaired) electrons. The molecule has 124 valence electrons. The molecule has 0 aliphatic carbocycles. The molecule has 0 unspecified atom stereocenters. The number of aryl methyl sites for hydroxylation is 2. The number of nitrogens with two attached hydrogens (primary N) is 1. The van der Waals surface area contributed by atoms with Crippen LogP contribution in [0.25, 0.3) is 10.9 Å². The predicted octanol–water partition coefficient (Wildman–Crippen LogP) is 2.07. The van der Waals surface area contributed by atoms with E-state index in [1.165, 1.54) is 23.8 Å². The highest BCUT2D eigenvalue weighted by Crippen LogP contribution is 2.34. The van der Waals surface area contributed by atoms with Crippen molar-refractivity contribution in [2.24, 2.45) is 5.73 Å².